The van der Waals surface area contributed by atoms with Gasteiger partial charge in [-0.3, -0.25) is 9.46 Å². The van der Waals surface area contributed by atoms with Gasteiger partial charge in [-0.25, -0.2) is 0 Å². The lowest BCUT2D eigenvalue weighted by molar-refractivity contribution is -0.105. The Balaban J connectivity index is 2.12. The van der Waals surface area contributed by atoms with Gasteiger partial charge in [-0.2, -0.15) is 0 Å². The summed E-state index contributed by atoms with van der Waals surface area (Å²) >= 11 is 0. The molecule has 1 unspecified atom stereocenters. The first-order valence-corrected chi connectivity index (χ1v) is 6.75. The van der Waals surface area contributed by atoms with Crippen molar-refractivity contribution in [2.75, 3.05) is 30.4 Å². The van der Waals surface area contributed by atoms with E-state index in [2.05, 4.69) is 37.4 Å². The number of carbonyl (C=O) groups excluding carboxylic acids is 1. The van der Waals surface area contributed by atoms with Gasteiger partial charge < -0.3 is 10.2 Å². The minimum atomic E-state index is 0.538. The summed E-state index contributed by atoms with van der Waals surface area (Å²) in [7, 11) is 4.87. The van der Waals surface area contributed by atoms with E-state index >= 15 is 0 Å². The van der Waals surface area contributed by atoms with Crippen LogP contribution in [0.25, 0.3) is 0 Å². The molecule has 0 aromatic heterocycles. The largest absolute Gasteiger partial charge is 0.370 e. The molecule has 18 heavy (non-hydrogen) atoms. The molecule has 1 aromatic rings. The average molecular weight is 265 g/mol. The van der Waals surface area contributed by atoms with Crippen LogP contribution in [-0.2, 0) is 4.79 Å². The van der Waals surface area contributed by atoms with E-state index in [0.717, 1.165) is 43.7 Å². The van der Waals surface area contributed by atoms with Gasteiger partial charge in [-0.05, 0) is 25.0 Å². The van der Waals surface area contributed by atoms with E-state index in [1.54, 1.807) is 0 Å². The Morgan fingerprint density at radius 3 is 2.72 bits per heavy atom. The highest BCUT2D eigenvalue weighted by molar-refractivity contribution is 7.13. The van der Waals surface area contributed by atoms with Gasteiger partial charge in [0.25, 0.3) is 0 Å². The molecule has 1 N–H and O–H groups in total. The van der Waals surface area contributed by atoms with Crippen LogP contribution in [-0.4, -0.2) is 37.3 Å². The van der Waals surface area contributed by atoms with Gasteiger partial charge in [0.05, 0.1) is 11.4 Å². The van der Waals surface area contributed by atoms with Crippen LogP contribution in [0.5, 0.6) is 0 Å². The Morgan fingerprint density at radius 2 is 2.06 bits per heavy atom. The Hall–Kier alpha value is -1.12. The minimum absolute atomic E-state index is 0.538. The van der Waals surface area contributed by atoms with E-state index < -0.39 is 0 Å². The maximum Gasteiger partial charge on any atom is 0.211 e. The maximum atomic E-state index is 10.6. The third-order valence-corrected chi connectivity index (χ3v) is 4.06. The molecule has 1 saturated heterocycles. The van der Waals surface area contributed by atoms with Crippen molar-refractivity contribution in [1.82, 2.24) is 4.67 Å². The molecule has 4 nitrogen and oxygen atoms in total. The van der Waals surface area contributed by atoms with Crippen LogP contribution in [0.2, 0.25) is 0 Å². The zero-order valence-corrected chi connectivity index (χ0v) is 11.8. The van der Waals surface area contributed by atoms with Crippen LogP contribution in [0, 0.1) is 0 Å². The first-order valence-electron chi connectivity index (χ1n) is 6.24. The molecule has 0 aliphatic carbocycles. The van der Waals surface area contributed by atoms with Crippen molar-refractivity contribution < 1.29 is 4.79 Å². The molecule has 1 amide bonds. The Labute approximate surface area is 111 Å². The predicted octanol–water partition coefficient (Wildman–Crippen LogP) is 1.95. The smallest absolute Gasteiger partial charge is 0.211 e. The van der Waals surface area contributed by atoms with Crippen molar-refractivity contribution in [3.8, 4) is 0 Å². The number of para-hydroxylation sites is 2. The van der Waals surface area contributed by atoms with Crippen LogP contribution in [0.15, 0.2) is 24.3 Å². The maximum absolute atomic E-state index is 10.6. The summed E-state index contributed by atoms with van der Waals surface area (Å²) in [6, 6.07) is 8.47. The van der Waals surface area contributed by atoms with Crippen LogP contribution in [0.3, 0.4) is 0 Å². The number of rotatable bonds is 4. The number of piperidine rings is 1. The van der Waals surface area contributed by atoms with E-state index in [-0.39, 0.29) is 0 Å². The fourth-order valence-electron chi connectivity index (χ4n) is 2.44. The summed E-state index contributed by atoms with van der Waals surface area (Å²) in [5.41, 5.74) is 1.97. The predicted molar refractivity (Wildman–Crippen MR) is 78.8 cm³/mol. The number of hydrogen-bond acceptors (Lipinski definition) is 3. The first kappa shape index (κ1) is 13.3. The second-order valence-corrected chi connectivity index (χ2v) is 5.39. The van der Waals surface area contributed by atoms with Gasteiger partial charge in [-0.15, -0.1) is 0 Å². The summed E-state index contributed by atoms with van der Waals surface area (Å²) in [6.45, 7) is 2.20. The molecule has 0 bridgehead atoms. The first-order chi connectivity index (χ1) is 8.72. The highest BCUT2D eigenvalue weighted by atomic mass is 31.0. The number of amides is 1. The molecule has 1 fully saturated rings. The lowest BCUT2D eigenvalue weighted by Gasteiger charge is -2.36. The molecule has 1 heterocycles. The molecule has 1 aliphatic rings. The highest BCUT2D eigenvalue weighted by Crippen LogP contribution is 2.29. The van der Waals surface area contributed by atoms with Gasteiger partial charge in [0.2, 0.25) is 6.41 Å². The summed E-state index contributed by atoms with van der Waals surface area (Å²) in [6.07, 6.45) is 3.03. The fourth-order valence-corrected chi connectivity index (χ4v) is 2.73. The molecule has 1 aliphatic heterocycles. The normalized spacial score (nSPS) is 17.4. The second-order valence-electron chi connectivity index (χ2n) is 4.66. The van der Waals surface area contributed by atoms with Crippen LogP contribution in [0.1, 0.15) is 12.8 Å². The molecular formula is C13H20N3OP. The highest BCUT2D eigenvalue weighted by Gasteiger charge is 2.22. The van der Waals surface area contributed by atoms with Gasteiger partial charge >= 0.3 is 0 Å². The lowest BCUT2D eigenvalue weighted by Crippen LogP contribution is -2.40. The summed E-state index contributed by atoms with van der Waals surface area (Å²) in [4.78, 5) is 12.9. The Kier molecular flexibility index (Phi) is 4.56. The summed E-state index contributed by atoms with van der Waals surface area (Å²) in [5.74, 6) is 0. The molecular weight excluding hydrogens is 245 g/mol. The molecule has 1 atom stereocenters. The summed E-state index contributed by atoms with van der Waals surface area (Å²) < 4.78 is 2.28. The van der Waals surface area contributed by atoms with Crippen molar-refractivity contribution in [2.45, 2.75) is 18.9 Å². The van der Waals surface area contributed by atoms with E-state index in [4.69, 9.17) is 0 Å². The van der Waals surface area contributed by atoms with Crippen LogP contribution in [0.4, 0.5) is 11.4 Å². The molecule has 1 aromatic carbocycles. The topological polar surface area (TPSA) is 35.6 Å². The Morgan fingerprint density at radius 1 is 1.39 bits per heavy atom. The van der Waals surface area contributed by atoms with Crippen LogP contribution < -0.4 is 10.2 Å². The third kappa shape index (κ3) is 3.01. The molecule has 98 valence electrons. The van der Waals surface area contributed by atoms with Gasteiger partial charge in [0.15, 0.2) is 0 Å². The van der Waals surface area contributed by atoms with Crippen molar-refractivity contribution in [3.63, 3.8) is 0 Å². The molecule has 0 spiro atoms. The van der Waals surface area contributed by atoms with E-state index in [1.165, 1.54) is 0 Å². The molecule has 2 rings (SSSR count). The van der Waals surface area contributed by atoms with Crippen molar-refractivity contribution in [2.24, 2.45) is 0 Å². The van der Waals surface area contributed by atoms with Gasteiger partial charge in [0, 0.05) is 26.2 Å². The van der Waals surface area contributed by atoms with E-state index in [9.17, 15) is 4.79 Å². The summed E-state index contributed by atoms with van der Waals surface area (Å²) in [5, 5.41) is 2.77. The number of nitrogens with zero attached hydrogens (tertiary/aromatic N) is 2. The molecule has 0 saturated carbocycles. The average Bonchev–Trinajstić information content (AvgIpc) is 2.40. The number of carbonyl (C=O) groups is 1. The van der Waals surface area contributed by atoms with Gasteiger partial charge in [0.1, 0.15) is 0 Å². The third-order valence-electron chi connectivity index (χ3n) is 3.55. The van der Waals surface area contributed by atoms with Crippen LogP contribution >= 0.6 is 9.39 Å². The monoisotopic (exact) mass is 265 g/mol. The fraction of sp³-hybridized carbons (Fsp3) is 0.462. The van der Waals surface area contributed by atoms with Crippen molar-refractivity contribution in [3.05, 3.63) is 24.3 Å². The quantitative estimate of drug-likeness (QED) is 0.667. The number of anilines is 2. The second kappa shape index (κ2) is 6.17. The Bertz CT molecular complexity index is 405. The van der Waals surface area contributed by atoms with Crippen molar-refractivity contribution >= 4 is 27.2 Å². The minimum Gasteiger partial charge on any atom is -0.370 e. The number of nitrogens with one attached hydrogen (secondary N) is 1. The van der Waals surface area contributed by atoms with Gasteiger partial charge in [-0.1, -0.05) is 21.5 Å². The molecule has 5 heteroatoms. The number of benzene rings is 1. The zero-order valence-electron chi connectivity index (χ0n) is 10.7. The van der Waals surface area contributed by atoms with E-state index in [1.807, 2.05) is 18.2 Å². The standard InChI is InChI=1S/C13H20N3OP/c1-15(11-6-8-16(18)9-7-11)13-5-3-2-4-12(13)14-10-17/h2-5,10-11H,6-9,18H2,1H3,(H,14,17). The van der Waals surface area contributed by atoms with Crippen molar-refractivity contribution in [1.29, 1.82) is 0 Å². The number of hydrogen-bond donors (Lipinski definition) is 1. The SMILES string of the molecule is CN(c1ccccc1NC=O)C1CCN(P)CC1. The zero-order chi connectivity index (χ0) is 13.0. The molecule has 0 radical (unpaired) electrons. The lowest BCUT2D eigenvalue weighted by atomic mass is 10.0. The van der Waals surface area contributed by atoms with E-state index in [0.29, 0.717) is 6.04 Å².